The minimum atomic E-state index is 0.342. The molecule has 1 aromatic carbocycles. The van der Waals surface area contributed by atoms with E-state index in [0.717, 1.165) is 38.3 Å². The topological polar surface area (TPSA) is 56.3 Å². The molecule has 0 spiro atoms. The van der Waals surface area contributed by atoms with Gasteiger partial charge in [-0.3, -0.25) is 0 Å². The van der Waals surface area contributed by atoms with Crippen molar-refractivity contribution in [3.8, 4) is 17.5 Å². The molecule has 3 rings (SSSR count). The molecule has 0 N–H and O–H groups in total. The molecule has 1 aliphatic heterocycles. The van der Waals surface area contributed by atoms with Gasteiger partial charge in [0.1, 0.15) is 6.07 Å². The van der Waals surface area contributed by atoms with Crippen LogP contribution < -0.4 is 4.90 Å². The van der Waals surface area contributed by atoms with Crippen LogP contribution in [-0.2, 0) is 0 Å². The van der Waals surface area contributed by atoms with Gasteiger partial charge in [0.05, 0.1) is 0 Å². The highest BCUT2D eigenvalue weighted by atomic mass is 35.5. The van der Waals surface area contributed by atoms with E-state index >= 15 is 0 Å². The zero-order valence-electron chi connectivity index (χ0n) is 12.4. The van der Waals surface area contributed by atoms with E-state index in [0.29, 0.717) is 22.5 Å². The van der Waals surface area contributed by atoms with E-state index in [1.807, 2.05) is 12.1 Å². The molecular weight excluding hydrogens is 300 g/mol. The summed E-state index contributed by atoms with van der Waals surface area (Å²) in [6.45, 7) is 6.83. The highest BCUT2D eigenvalue weighted by Gasteiger charge is 2.23. The summed E-state index contributed by atoms with van der Waals surface area (Å²) in [4.78, 5) is 8.79. The van der Waals surface area contributed by atoms with Crippen molar-refractivity contribution in [2.24, 2.45) is 0 Å². The summed E-state index contributed by atoms with van der Waals surface area (Å²) in [5.41, 5.74) is 1.16. The van der Waals surface area contributed by atoms with Crippen molar-refractivity contribution in [1.29, 1.82) is 5.26 Å². The van der Waals surface area contributed by atoms with Crippen LogP contribution in [-0.4, -0.2) is 42.6 Å². The van der Waals surface area contributed by atoms with Crippen molar-refractivity contribution in [2.75, 3.05) is 37.6 Å². The average molecular weight is 317 g/mol. The first-order valence-corrected chi connectivity index (χ1v) is 7.73. The minimum absolute atomic E-state index is 0.342. The Morgan fingerprint density at radius 3 is 2.50 bits per heavy atom. The Kier molecular flexibility index (Phi) is 4.32. The predicted molar refractivity (Wildman–Crippen MR) is 86.0 cm³/mol. The number of halogens is 1. The van der Waals surface area contributed by atoms with Crippen LogP contribution in [0.1, 0.15) is 12.6 Å². The number of rotatable bonds is 3. The molecule has 0 atom stereocenters. The molecule has 6 heteroatoms. The molecule has 0 bridgehead atoms. The van der Waals surface area contributed by atoms with Crippen LogP contribution in [0.15, 0.2) is 28.7 Å². The predicted octanol–water partition coefficient (Wildman–Crippen LogP) is 3.01. The second kappa shape index (κ2) is 6.39. The summed E-state index contributed by atoms with van der Waals surface area (Å²) < 4.78 is 5.87. The van der Waals surface area contributed by atoms with E-state index in [4.69, 9.17) is 16.0 Å². The maximum absolute atomic E-state index is 9.32. The van der Waals surface area contributed by atoms with Crippen LogP contribution in [0.25, 0.3) is 11.5 Å². The van der Waals surface area contributed by atoms with Gasteiger partial charge in [0.25, 0.3) is 0 Å². The lowest BCUT2D eigenvalue weighted by atomic mass is 10.2. The molecule has 0 unspecified atom stereocenters. The van der Waals surface area contributed by atoms with Crippen molar-refractivity contribution in [2.45, 2.75) is 6.92 Å². The second-order valence-electron chi connectivity index (χ2n) is 5.21. The van der Waals surface area contributed by atoms with E-state index in [1.54, 1.807) is 12.1 Å². The largest absolute Gasteiger partial charge is 0.419 e. The molecule has 2 heterocycles. The number of aromatic nitrogens is 1. The molecule has 114 valence electrons. The van der Waals surface area contributed by atoms with E-state index in [9.17, 15) is 5.26 Å². The van der Waals surface area contributed by atoms with E-state index in [2.05, 4.69) is 27.8 Å². The highest BCUT2D eigenvalue weighted by molar-refractivity contribution is 6.30. The van der Waals surface area contributed by atoms with Crippen molar-refractivity contribution in [3.63, 3.8) is 0 Å². The summed E-state index contributed by atoms with van der Waals surface area (Å²) in [7, 11) is 0. The minimum Gasteiger partial charge on any atom is -0.419 e. The first-order valence-electron chi connectivity index (χ1n) is 7.35. The van der Waals surface area contributed by atoms with Crippen molar-refractivity contribution < 1.29 is 4.42 Å². The number of anilines is 1. The van der Waals surface area contributed by atoms with Gasteiger partial charge in [-0.25, -0.2) is 0 Å². The maximum Gasteiger partial charge on any atom is 0.235 e. The number of hydrogen-bond donors (Lipinski definition) is 0. The molecule has 1 fully saturated rings. The molecule has 1 aromatic heterocycles. The van der Waals surface area contributed by atoms with Crippen LogP contribution in [0, 0.1) is 11.3 Å². The summed E-state index contributed by atoms with van der Waals surface area (Å²) in [6, 6.07) is 9.39. The molecule has 1 saturated heterocycles. The molecule has 0 amide bonds. The van der Waals surface area contributed by atoms with Crippen LogP contribution in [0.4, 0.5) is 5.88 Å². The van der Waals surface area contributed by atoms with E-state index < -0.39 is 0 Å². The lowest BCUT2D eigenvalue weighted by Crippen LogP contribution is -2.46. The van der Waals surface area contributed by atoms with Crippen LogP contribution in [0.3, 0.4) is 0 Å². The summed E-state index contributed by atoms with van der Waals surface area (Å²) in [5.74, 6) is 1.03. The Morgan fingerprint density at radius 1 is 1.23 bits per heavy atom. The standard InChI is InChI=1S/C16H17ClN4O/c1-2-20-7-9-21(10-8-20)16-14(11-18)19-15(22-16)12-3-5-13(17)6-4-12/h3-6H,2,7-10H2,1H3. The number of likely N-dealkylation sites (N-methyl/N-ethyl adjacent to an activating group) is 1. The zero-order valence-corrected chi connectivity index (χ0v) is 13.2. The Hall–Kier alpha value is -2.03. The van der Waals surface area contributed by atoms with Gasteiger partial charge >= 0.3 is 0 Å². The quantitative estimate of drug-likeness (QED) is 0.871. The molecule has 22 heavy (non-hydrogen) atoms. The normalized spacial score (nSPS) is 15.8. The average Bonchev–Trinajstić information content (AvgIpc) is 3.00. The van der Waals surface area contributed by atoms with Gasteiger partial charge in [0.2, 0.25) is 17.5 Å². The number of piperazine rings is 1. The summed E-state index contributed by atoms with van der Waals surface area (Å²) >= 11 is 5.90. The number of benzene rings is 1. The second-order valence-corrected chi connectivity index (χ2v) is 5.65. The highest BCUT2D eigenvalue weighted by Crippen LogP contribution is 2.29. The van der Waals surface area contributed by atoms with E-state index in [-0.39, 0.29) is 0 Å². The van der Waals surface area contributed by atoms with Gasteiger partial charge in [0, 0.05) is 36.8 Å². The Bertz CT molecular complexity index is 681. The smallest absolute Gasteiger partial charge is 0.235 e. The van der Waals surface area contributed by atoms with Gasteiger partial charge in [-0.15, -0.1) is 0 Å². The van der Waals surface area contributed by atoms with Gasteiger partial charge in [-0.05, 0) is 30.8 Å². The lowest BCUT2D eigenvalue weighted by molar-refractivity contribution is 0.266. The molecule has 2 aromatic rings. The molecular formula is C16H17ClN4O. The Morgan fingerprint density at radius 2 is 1.91 bits per heavy atom. The molecule has 1 aliphatic rings. The Labute approximate surface area is 134 Å². The summed E-state index contributed by atoms with van der Waals surface area (Å²) in [5, 5.41) is 9.98. The number of nitriles is 1. The number of oxazole rings is 1. The number of nitrogens with zero attached hydrogens (tertiary/aromatic N) is 4. The third-order valence-corrected chi connectivity index (χ3v) is 4.17. The van der Waals surface area contributed by atoms with Crippen molar-refractivity contribution in [1.82, 2.24) is 9.88 Å². The molecule has 0 saturated carbocycles. The molecule has 0 radical (unpaired) electrons. The van der Waals surface area contributed by atoms with Crippen LogP contribution >= 0.6 is 11.6 Å². The fourth-order valence-electron chi connectivity index (χ4n) is 2.58. The fourth-order valence-corrected chi connectivity index (χ4v) is 2.71. The molecule has 5 nitrogen and oxygen atoms in total. The van der Waals surface area contributed by atoms with Crippen LogP contribution in [0.2, 0.25) is 5.02 Å². The molecule has 0 aliphatic carbocycles. The van der Waals surface area contributed by atoms with Crippen molar-refractivity contribution in [3.05, 3.63) is 35.0 Å². The first kappa shape index (κ1) is 14.9. The van der Waals surface area contributed by atoms with Gasteiger partial charge in [-0.2, -0.15) is 10.2 Å². The SMILES string of the molecule is CCN1CCN(c2oc(-c3ccc(Cl)cc3)nc2C#N)CC1. The maximum atomic E-state index is 9.32. The van der Waals surface area contributed by atoms with Gasteiger partial charge in [-0.1, -0.05) is 18.5 Å². The lowest BCUT2D eigenvalue weighted by Gasteiger charge is -2.33. The fraction of sp³-hybridized carbons (Fsp3) is 0.375. The zero-order chi connectivity index (χ0) is 15.5. The number of hydrogen-bond acceptors (Lipinski definition) is 5. The third kappa shape index (κ3) is 2.94. The van der Waals surface area contributed by atoms with Gasteiger partial charge < -0.3 is 14.2 Å². The van der Waals surface area contributed by atoms with E-state index in [1.165, 1.54) is 0 Å². The monoisotopic (exact) mass is 316 g/mol. The Balaban J connectivity index is 1.86. The van der Waals surface area contributed by atoms with Crippen molar-refractivity contribution >= 4 is 17.5 Å². The summed E-state index contributed by atoms with van der Waals surface area (Å²) in [6.07, 6.45) is 0. The first-order chi connectivity index (χ1) is 10.7. The van der Waals surface area contributed by atoms with Gasteiger partial charge in [0.15, 0.2) is 0 Å². The third-order valence-electron chi connectivity index (χ3n) is 3.91. The van der Waals surface area contributed by atoms with Crippen LogP contribution in [0.5, 0.6) is 0 Å².